The molecule has 46 heavy (non-hydrogen) atoms. The fourth-order valence-electron chi connectivity index (χ4n) is 3.92. The molecule has 250 valence electrons. The Hall–Kier alpha value is -4.48. The van der Waals surface area contributed by atoms with Crippen LogP contribution in [0.1, 0.15) is 47.2 Å². The number of aldehydes is 1. The number of aliphatic hydroxyl groups is 1. The molecule has 3 N–H and O–H groups in total. The van der Waals surface area contributed by atoms with Crippen molar-refractivity contribution in [2.24, 2.45) is 0 Å². The number of aromatic nitrogens is 4. The number of pyridine rings is 2. The zero-order valence-electron chi connectivity index (χ0n) is 28.3. The molecule has 0 saturated carbocycles. The molecule has 0 spiro atoms. The van der Waals surface area contributed by atoms with Crippen molar-refractivity contribution in [2.75, 3.05) is 38.4 Å². The Morgan fingerprint density at radius 3 is 2.24 bits per heavy atom. The normalized spacial score (nSPS) is 10.2. The van der Waals surface area contributed by atoms with Crippen LogP contribution in [0.15, 0.2) is 60.2 Å². The molecule has 0 aliphatic heterocycles. The highest BCUT2D eigenvalue weighted by Crippen LogP contribution is 2.38. The first-order valence-corrected chi connectivity index (χ1v) is 15.4. The minimum absolute atomic E-state index is 0.238. The van der Waals surface area contributed by atoms with Gasteiger partial charge in [-0.25, -0.2) is 4.98 Å². The van der Waals surface area contributed by atoms with Crippen molar-refractivity contribution in [3.63, 3.8) is 0 Å². The summed E-state index contributed by atoms with van der Waals surface area (Å²) in [5, 5.41) is 17.1. The predicted molar refractivity (Wildman–Crippen MR) is 189 cm³/mol. The van der Waals surface area contributed by atoms with Gasteiger partial charge in [-0.15, -0.1) is 0 Å². The van der Waals surface area contributed by atoms with Gasteiger partial charge < -0.3 is 25.2 Å². The Morgan fingerprint density at radius 2 is 1.72 bits per heavy atom. The number of carbonyl (C=O) groups is 1. The second-order valence-corrected chi connectivity index (χ2v) is 10.1. The quantitative estimate of drug-likeness (QED) is 0.123. The van der Waals surface area contributed by atoms with Gasteiger partial charge in [0.05, 0.1) is 36.7 Å². The third kappa shape index (κ3) is 11.1. The highest BCUT2D eigenvalue weighted by atomic mass is 35.5. The van der Waals surface area contributed by atoms with E-state index in [1.165, 1.54) is 20.3 Å². The van der Waals surface area contributed by atoms with Gasteiger partial charge in [-0.05, 0) is 44.2 Å². The zero-order valence-corrected chi connectivity index (χ0v) is 29.0. The number of benzene rings is 1. The van der Waals surface area contributed by atoms with E-state index < -0.39 is 5.60 Å². The number of hydrogen-bond donors (Lipinski definition) is 3. The molecule has 0 amide bonds. The fraction of sp³-hybridized carbons (Fsp3) is 0.382. The number of nitrogens with zero attached hydrogens (tertiary/aromatic N) is 4. The third-order valence-corrected chi connectivity index (χ3v) is 6.46. The van der Waals surface area contributed by atoms with E-state index in [2.05, 4.69) is 32.2 Å². The molecule has 11 nitrogen and oxygen atoms in total. The van der Waals surface area contributed by atoms with Crippen molar-refractivity contribution in [1.82, 2.24) is 19.5 Å². The molecule has 0 fully saturated rings. The molecule has 12 heteroatoms. The average Bonchev–Trinajstić information content (AvgIpc) is 3.08. The molecule has 0 atom stereocenters. The summed E-state index contributed by atoms with van der Waals surface area (Å²) >= 11 is 6.65. The zero-order chi connectivity index (χ0) is 34.9. The van der Waals surface area contributed by atoms with Crippen LogP contribution in [-0.4, -0.2) is 64.3 Å². The summed E-state index contributed by atoms with van der Waals surface area (Å²) in [6, 6.07) is 8.93. The van der Waals surface area contributed by atoms with Gasteiger partial charge in [0.25, 0.3) is 5.56 Å². The highest BCUT2D eigenvalue weighted by molar-refractivity contribution is 6.35. The van der Waals surface area contributed by atoms with Gasteiger partial charge in [0.1, 0.15) is 23.4 Å². The maximum Gasteiger partial charge on any atom is 0.260 e. The summed E-state index contributed by atoms with van der Waals surface area (Å²) in [6.07, 6.45) is 5.71. The molecular weight excluding hydrogens is 608 g/mol. The maximum atomic E-state index is 14.0. The summed E-state index contributed by atoms with van der Waals surface area (Å²) < 4.78 is 12.4. The first-order chi connectivity index (χ1) is 22.0. The summed E-state index contributed by atoms with van der Waals surface area (Å²) in [5.41, 5.74) is 1.76. The fourth-order valence-corrected chi connectivity index (χ4v) is 4.21. The molecule has 1 aromatic carbocycles. The van der Waals surface area contributed by atoms with Crippen LogP contribution in [0, 0.1) is 0 Å². The summed E-state index contributed by atoms with van der Waals surface area (Å²) in [7, 11) is 4.87. The topological polar surface area (TPSA) is 140 Å². The molecule has 0 saturated heterocycles. The van der Waals surface area contributed by atoms with E-state index in [1.54, 1.807) is 49.0 Å². The van der Waals surface area contributed by atoms with Crippen LogP contribution in [0.5, 0.6) is 11.5 Å². The molecular formula is C34H47ClN6O5. The van der Waals surface area contributed by atoms with E-state index in [0.717, 1.165) is 11.4 Å². The molecule has 3 aromatic heterocycles. The molecule has 0 aliphatic carbocycles. The van der Waals surface area contributed by atoms with Crippen molar-refractivity contribution >= 4 is 40.6 Å². The Labute approximate surface area is 276 Å². The van der Waals surface area contributed by atoms with Crippen LogP contribution in [0.3, 0.4) is 0 Å². The second kappa shape index (κ2) is 19.8. The molecule has 0 aliphatic rings. The van der Waals surface area contributed by atoms with Crippen molar-refractivity contribution in [1.29, 1.82) is 0 Å². The lowest BCUT2D eigenvalue weighted by Gasteiger charge is -2.18. The first-order valence-electron chi connectivity index (χ1n) is 15.0. The first kappa shape index (κ1) is 39.5. The van der Waals surface area contributed by atoms with Crippen LogP contribution in [0.4, 0.5) is 11.6 Å². The Kier molecular flexibility index (Phi) is 17.0. The van der Waals surface area contributed by atoms with Crippen LogP contribution < -0.4 is 25.7 Å². The van der Waals surface area contributed by atoms with Gasteiger partial charge in [-0.2, -0.15) is 4.98 Å². The SMILES string of the molecule is C=CC=O.CC.CC.CNc1ccc(CCn2c(=O)c(-c3cc(OC)cc(OC)c3Cl)cc3cnc(NCC(C)(C)O)nc32)nc1. The molecule has 0 bridgehead atoms. The largest absolute Gasteiger partial charge is 0.497 e. The molecule has 0 radical (unpaired) electrons. The lowest BCUT2D eigenvalue weighted by atomic mass is 10.0. The van der Waals surface area contributed by atoms with Crippen molar-refractivity contribution in [3.05, 3.63) is 76.5 Å². The Morgan fingerprint density at radius 1 is 1.04 bits per heavy atom. The van der Waals surface area contributed by atoms with Gasteiger partial charge in [-0.1, -0.05) is 45.9 Å². The molecule has 4 rings (SSSR count). The number of methoxy groups -OCH3 is 2. The minimum atomic E-state index is -0.963. The Bertz CT molecular complexity index is 1600. The molecule has 0 unspecified atom stereocenters. The van der Waals surface area contributed by atoms with Gasteiger partial charge in [0.15, 0.2) is 0 Å². The number of carbonyl (C=O) groups excluding carboxylic acids is 1. The lowest BCUT2D eigenvalue weighted by molar-refractivity contribution is -0.104. The summed E-state index contributed by atoms with van der Waals surface area (Å²) in [4.78, 5) is 36.5. The van der Waals surface area contributed by atoms with Crippen molar-refractivity contribution in [2.45, 2.75) is 60.1 Å². The van der Waals surface area contributed by atoms with E-state index in [0.29, 0.717) is 63.9 Å². The van der Waals surface area contributed by atoms with Crippen LogP contribution in [-0.2, 0) is 17.8 Å². The van der Waals surface area contributed by atoms with E-state index in [1.807, 2.05) is 46.9 Å². The monoisotopic (exact) mass is 654 g/mol. The number of aryl methyl sites for hydroxylation is 2. The third-order valence-electron chi connectivity index (χ3n) is 6.07. The van der Waals surface area contributed by atoms with Gasteiger partial charge >= 0.3 is 0 Å². The molecule has 4 aromatic rings. The number of rotatable bonds is 11. The van der Waals surface area contributed by atoms with Gasteiger partial charge in [0.2, 0.25) is 5.95 Å². The van der Waals surface area contributed by atoms with Gasteiger partial charge in [-0.3, -0.25) is 19.1 Å². The Balaban J connectivity index is 0.00000121. The maximum absolute atomic E-state index is 14.0. The number of nitrogens with one attached hydrogen (secondary N) is 2. The number of fused-ring (bicyclic) bond motifs is 1. The van der Waals surface area contributed by atoms with E-state index in [-0.39, 0.29) is 12.1 Å². The second-order valence-electron chi connectivity index (χ2n) is 9.75. The summed E-state index contributed by atoms with van der Waals surface area (Å²) in [5.74, 6) is 1.20. The molecule has 3 heterocycles. The standard InChI is InChI=1S/C27H31ClN6O4.C3H4O.2C2H6/c1-27(2,36)15-32-26-31-13-16-10-21(20-11-19(37-4)12-22(38-5)23(20)28)25(35)34(24(16)33-26)9-8-17-6-7-18(29-3)14-30-17;1-2-3-4;2*1-2/h6-7,10-14,29,36H,8-9,15H2,1-5H3,(H,31,32,33);2-3H,1H2;2*1-2H3. The van der Waals surface area contributed by atoms with E-state index >= 15 is 0 Å². The van der Waals surface area contributed by atoms with Crippen LogP contribution in [0.2, 0.25) is 5.02 Å². The van der Waals surface area contributed by atoms with Crippen molar-refractivity contribution in [3.8, 4) is 22.6 Å². The smallest absolute Gasteiger partial charge is 0.260 e. The van der Waals surface area contributed by atoms with E-state index in [9.17, 15) is 9.90 Å². The van der Waals surface area contributed by atoms with Gasteiger partial charge in [0, 0.05) is 61.0 Å². The van der Waals surface area contributed by atoms with Crippen LogP contribution >= 0.6 is 11.6 Å². The average molecular weight is 655 g/mol. The predicted octanol–water partition coefficient (Wildman–Crippen LogP) is 6.42. The number of halogens is 1. The lowest BCUT2D eigenvalue weighted by Crippen LogP contribution is -2.30. The number of hydrogen-bond acceptors (Lipinski definition) is 10. The number of allylic oxidation sites excluding steroid dienone is 1. The number of anilines is 2. The van der Waals surface area contributed by atoms with Crippen LogP contribution in [0.25, 0.3) is 22.2 Å². The highest BCUT2D eigenvalue weighted by Gasteiger charge is 2.20. The summed E-state index contributed by atoms with van der Waals surface area (Å²) in [6.45, 7) is 15.0. The number of ether oxygens (including phenoxy) is 2. The van der Waals surface area contributed by atoms with Crippen molar-refractivity contribution < 1.29 is 19.4 Å². The minimum Gasteiger partial charge on any atom is -0.497 e. The van der Waals surface area contributed by atoms with E-state index in [4.69, 9.17) is 25.9 Å².